The number of fused-ring (bicyclic) bond motifs is 3. The van der Waals surface area contributed by atoms with Gasteiger partial charge in [-0.2, -0.15) is 0 Å². The zero-order valence-corrected chi connectivity index (χ0v) is 15.8. The molecule has 0 aromatic heterocycles. The van der Waals surface area contributed by atoms with Gasteiger partial charge in [-0.3, -0.25) is 9.80 Å². The monoisotopic (exact) mass is 358 g/mol. The average molecular weight is 358 g/mol. The molecule has 0 amide bonds. The van der Waals surface area contributed by atoms with Crippen LogP contribution in [0.25, 0.3) is 0 Å². The van der Waals surface area contributed by atoms with Crippen molar-refractivity contribution in [3.05, 3.63) is 23.3 Å². The fourth-order valence-electron chi connectivity index (χ4n) is 5.09. The van der Waals surface area contributed by atoms with E-state index in [0.29, 0.717) is 6.54 Å². The second kappa shape index (κ2) is 6.50. The molecule has 4 rings (SSSR count). The Labute approximate surface area is 154 Å². The van der Waals surface area contributed by atoms with E-state index in [1.54, 1.807) is 20.3 Å². The second-order valence-electron chi connectivity index (χ2n) is 7.71. The van der Waals surface area contributed by atoms with Gasteiger partial charge in [0.25, 0.3) is 0 Å². The van der Waals surface area contributed by atoms with E-state index in [1.807, 2.05) is 19.0 Å². The summed E-state index contributed by atoms with van der Waals surface area (Å²) >= 11 is 0. The molecule has 4 aliphatic rings. The largest absolute Gasteiger partial charge is 0.449 e. The van der Waals surface area contributed by atoms with Gasteiger partial charge in [0.2, 0.25) is 0 Å². The number of methoxy groups -OCH3 is 2. The van der Waals surface area contributed by atoms with Crippen LogP contribution in [0.1, 0.15) is 19.3 Å². The number of ether oxygens (including phenoxy) is 3. The Bertz CT molecular complexity index is 728. The highest BCUT2D eigenvalue weighted by Crippen LogP contribution is 2.56. The zero-order chi connectivity index (χ0) is 18.5. The van der Waals surface area contributed by atoms with Crippen molar-refractivity contribution in [1.29, 1.82) is 0 Å². The third kappa shape index (κ3) is 2.54. The minimum atomic E-state index is -0.556. The SMILES string of the molecule is COC(OC)C1CC[C@H]2N1[C@@H]1C=C(C#CCN(C)C)C3=CC(=O)O[C@@]32C1. The molecule has 0 N–H and O–H groups in total. The third-order valence-corrected chi connectivity index (χ3v) is 5.96. The predicted molar refractivity (Wildman–Crippen MR) is 96.2 cm³/mol. The molecule has 0 aromatic rings. The number of rotatable bonds is 4. The lowest BCUT2D eigenvalue weighted by molar-refractivity contribution is -0.151. The number of esters is 1. The van der Waals surface area contributed by atoms with Gasteiger partial charge in [0.05, 0.1) is 18.6 Å². The number of hydrogen-bond donors (Lipinski definition) is 0. The van der Waals surface area contributed by atoms with Crippen molar-refractivity contribution in [2.24, 2.45) is 0 Å². The summed E-state index contributed by atoms with van der Waals surface area (Å²) in [5, 5.41) is 0. The molecule has 3 aliphatic heterocycles. The second-order valence-corrected chi connectivity index (χ2v) is 7.71. The van der Waals surface area contributed by atoms with Crippen LogP contribution in [0.4, 0.5) is 0 Å². The van der Waals surface area contributed by atoms with E-state index in [9.17, 15) is 4.79 Å². The van der Waals surface area contributed by atoms with Gasteiger partial charge in [0, 0.05) is 43.9 Å². The molecule has 140 valence electrons. The molecular weight excluding hydrogens is 332 g/mol. The van der Waals surface area contributed by atoms with Crippen molar-refractivity contribution in [1.82, 2.24) is 9.80 Å². The molecule has 6 heteroatoms. The average Bonchev–Trinajstić information content (AvgIpc) is 3.23. The Hall–Kier alpha value is -1.65. The first-order valence-electron chi connectivity index (χ1n) is 9.14. The summed E-state index contributed by atoms with van der Waals surface area (Å²) in [6.45, 7) is 0.683. The molecule has 0 aromatic carbocycles. The molecule has 0 saturated carbocycles. The summed E-state index contributed by atoms with van der Waals surface area (Å²) in [4.78, 5) is 16.7. The van der Waals surface area contributed by atoms with Crippen molar-refractivity contribution in [3.63, 3.8) is 0 Å². The lowest BCUT2D eigenvalue weighted by Gasteiger charge is -2.33. The first-order valence-corrected chi connectivity index (χ1v) is 9.14. The number of carbonyl (C=O) groups is 1. The summed E-state index contributed by atoms with van der Waals surface area (Å²) in [6.07, 6.45) is 6.29. The van der Waals surface area contributed by atoms with Crippen LogP contribution in [0.3, 0.4) is 0 Å². The molecule has 2 bridgehead atoms. The van der Waals surface area contributed by atoms with Gasteiger partial charge in [-0.15, -0.1) is 0 Å². The minimum Gasteiger partial charge on any atom is -0.449 e. The third-order valence-electron chi connectivity index (χ3n) is 5.96. The minimum absolute atomic E-state index is 0.158. The van der Waals surface area contributed by atoms with Crippen LogP contribution in [0.2, 0.25) is 0 Å². The van der Waals surface area contributed by atoms with Crippen LogP contribution >= 0.6 is 0 Å². The summed E-state index contributed by atoms with van der Waals surface area (Å²) in [7, 11) is 7.34. The first-order chi connectivity index (χ1) is 12.5. The van der Waals surface area contributed by atoms with Crippen LogP contribution in [0, 0.1) is 11.8 Å². The van der Waals surface area contributed by atoms with Crippen molar-refractivity contribution < 1.29 is 19.0 Å². The van der Waals surface area contributed by atoms with Gasteiger partial charge in [-0.25, -0.2) is 4.79 Å². The molecule has 1 unspecified atom stereocenters. The maximum atomic E-state index is 12.2. The van der Waals surface area contributed by atoms with Crippen LogP contribution in [-0.4, -0.2) is 80.6 Å². The Balaban J connectivity index is 1.71. The smallest absolute Gasteiger partial charge is 0.332 e. The van der Waals surface area contributed by atoms with E-state index in [4.69, 9.17) is 14.2 Å². The highest BCUT2D eigenvalue weighted by molar-refractivity contribution is 5.90. The Morgan fingerprint density at radius 2 is 2.15 bits per heavy atom. The van der Waals surface area contributed by atoms with Crippen LogP contribution in [-0.2, 0) is 19.0 Å². The maximum Gasteiger partial charge on any atom is 0.332 e. The topological polar surface area (TPSA) is 51.2 Å². The Kier molecular flexibility index (Phi) is 4.44. The van der Waals surface area contributed by atoms with Crippen molar-refractivity contribution in [3.8, 4) is 11.8 Å². The van der Waals surface area contributed by atoms with E-state index in [1.165, 1.54) is 0 Å². The van der Waals surface area contributed by atoms with Gasteiger partial charge in [0.1, 0.15) is 0 Å². The molecule has 3 heterocycles. The van der Waals surface area contributed by atoms with Gasteiger partial charge in [-0.1, -0.05) is 17.9 Å². The highest BCUT2D eigenvalue weighted by Gasteiger charge is 2.65. The molecule has 4 atom stereocenters. The van der Waals surface area contributed by atoms with Crippen LogP contribution in [0.15, 0.2) is 23.3 Å². The van der Waals surface area contributed by atoms with Crippen LogP contribution < -0.4 is 0 Å². The Morgan fingerprint density at radius 3 is 2.85 bits per heavy atom. The molecule has 6 nitrogen and oxygen atoms in total. The van der Waals surface area contributed by atoms with Gasteiger partial charge in [0.15, 0.2) is 11.9 Å². The standard InChI is InChI=1S/C20H26N2O4/c1-21(2)9-5-6-13-10-14-12-20(15(13)11-18(23)26-20)17-8-7-16(22(14)17)19(24-3)25-4/h10-11,14,16-17,19H,7-9,12H2,1-4H3/t14-,16?,17-,20+/m1/s1. The Morgan fingerprint density at radius 1 is 1.38 bits per heavy atom. The number of carbonyl (C=O) groups excluding carboxylic acids is 1. The van der Waals surface area contributed by atoms with E-state index < -0.39 is 5.60 Å². The van der Waals surface area contributed by atoms with Crippen LogP contribution in [0.5, 0.6) is 0 Å². The molecular formula is C20H26N2O4. The predicted octanol–water partition coefficient (Wildman–Crippen LogP) is 0.938. The van der Waals surface area contributed by atoms with E-state index >= 15 is 0 Å². The van der Waals surface area contributed by atoms with E-state index in [0.717, 1.165) is 30.4 Å². The highest BCUT2D eigenvalue weighted by atomic mass is 16.7. The van der Waals surface area contributed by atoms with Gasteiger partial charge >= 0.3 is 5.97 Å². The lowest BCUT2D eigenvalue weighted by atomic mass is 9.77. The number of nitrogens with zero attached hydrogens (tertiary/aromatic N) is 2. The quantitative estimate of drug-likeness (QED) is 0.424. The lowest BCUT2D eigenvalue weighted by Crippen LogP contribution is -2.48. The van der Waals surface area contributed by atoms with E-state index in [-0.39, 0.29) is 30.4 Å². The van der Waals surface area contributed by atoms with Gasteiger partial charge in [-0.05, 0) is 26.9 Å². The molecule has 1 spiro atoms. The normalized spacial score (nSPS) is 35.0. The molecule has 0 radical (unpaired) electrons. The maximum absolute atomic E-state index is 12.2. The van der Waals surface area contributed by atoms with Crippen molar-refractivity contribution in [2.45, 2.75) is 49.3 Å². The fraction of sp³-hybridized carbons (Fsp3) is 0.650. The molecule has 2 saturated heterocycles. The summed E-state index contributed by atoms with van der Waals surface area (Å²) < 4.78 is 17.0. The summed E-state index contributed by atoms with van der Waals surface area (Å²) in [6, 6.07) is 0.504. The van der Waals surface area contributed by atoms with Gasteiger partial charge < -0.3 is 14.2 Å². The summed E-state index contributed by atoms with van der Waals surface area (Å²) in [5.41, 5.74) is 1.34. The zero-order valence-electron chi connectivity index (χ0n) is 15.8. The number of hydrogen-bond acceptors (Lipinski definition) is 6. The van der Waals surface area contributed by atoms with Crippen molar-refractivity contribution in [2.75, 3.05) is 34.9 Å². The molecule has 2 fully saturated rings. The fourth-order valence-corrected chi connectivity index (χ4v) is 5.09. The first kappa shape index (κ1) is 17.7. The van der Waals surface area contributed by atoms with E-state index in [2.05, 4.69) is 22.8 Å². The molecule has 26 heavy (non-hydrogen) atoms. The molecule has 1 aliphatic carbocycles. The van der Waals surface area contributed by atoms with Crippen molar-refractivity contribution >= 4 is 5.97 Å². The summed E-state index contributed by atoms with van der Waals surface area (Å²) in [5.74, 6) is 6.23.